The smallest absolute Gasteiger partial charge is 0.129 e. The Kier molecular flexibility index (Phi) is 3.97. The molecule has 1 aliphatic heterocycles. The molecule has 1 aromatic rings. The molecule has 0 amide bonds. The van der Waals surface area contributed by atoms with E-state index in [1.165, 1.54) is 6.07 Å². The minimum Gasteiger partial charge on any atom is -0.394 e. The Hall–Kier alpha value is -1.13. The van der Waals surface area contributed by atoms with Crippen LogP contribution in [0.5, 0.6) is 0 Å². The van der Waals surface area contributed by atoms with E-state index in [1.807, 2.05) is 13.1 Å². The molecule has 2 N–H and O–H groups in total. The van der Waals surface area contributed by atoms with Crippen molar-refractivity contribution in [3.63, 3.8) is 0 Å². The summed E-state index contributed by atoms with van der Waals surface area (Å²) in [5.74, 6) is -0.180. The number of nitrogens with zero attached hydrogens (tertiary/aromatic N) is 1. The molecule has 94 valence electrons. The first-order valence-corrected chi connectivity index (χ1v) is 6.07. The highest BCUT2D eigenvalue weighted by Crippen LogP contribution is 2.29. The number of aliphatic hydroxyl groups is 1. The van der Waals surface area contributed by atoms with E-state index in [0.717, 1.165) is 25.1 Å². The minimum absolute atomic E-state index is 0.132. The normalized spacial score (nSPS) is 19.9. The van der Waals surface area contributed by atoms with Gasteiger partial charge in [0.2, 0.25) is 0 Å². The van der Waals surface area contributed by atoms with Gasteiger partial charge < -0.3 is 15.3 Å². The number of nitrogens with one attached hydrogen (secondary N) is 1. The summed E-state index contributed by atoms with van der Waals surface area (Å²) in [5.41, 5.74) is 1.60. The number of anilines is 1. The van der Waals surface area contributed by atoms with Crippen LogP contribution in [0.3, 0.4) is 0 Å². The Morgan fingerprint density at radius 2 is 2.35 bits per heavy atom. The predicted molar refractivity (Wildman–Crippen MR) is 66.6 cm³/mol. The summed E-state index contributed by atoms with van der Waals surface area (Å²) in [4.78, 5) is 2.12. The average Bonchev–Trinajstić information content (AvgIpc) is 2.80. The Morgan fingerprint density at radius 3 is 3.06 bits per heavy atom. The van der Waals surface area contributed by atoms with Crippen LogP contribution in [0.15, 0.2) is 18.2 Å². The van der Waals surface area contributed by atoms with Crippen LogP contribution in [-0.2, 0) is 6.54 Å². The van der Waals surface area contributed by atoms with Gasteiger partial charge in [-0.15, -0.1) is 0 Å². The number of hydrogen-bond donors (Lipinski definition) is 2. The SMILES string of the molecule is CNCc1c(F)cccc1N1CCCC1CO. The maximum Gasteiger partial charge on any atom is 0.129 e. The lowest BCUT2D eigenvalue weighted by Crippen LogP contribution is -2.33. The van der Waals surface area contributed by atoms with E-state index in [2.05, 4.69) is 10.2 Å². The Bertz CT molecular complexity index is 384. The molecule has 1 aromatic carbocycles. The number of halogens is 1. The number of hydrogen-bond acceptors (Lipinski definition) is 3. The molecule has 1 aliphatic rings. The molecular formula is C13H19FN2O. The van der Waals surface area contributed by atoms with Gasteiger partial charge in [-0.1, -0.05) is 6.07 Å². The number of aliphatic hydroxyl groups excluding tert-OH is 1. The first kappa shape index (κ1) is 12.3. The zero-order chi connectivity index (χ0) is 12.3. The van der Waals surface area contributed by atoms with Crippen LogP contribution in [-0.4, -0.2) is 31.3 Å². The summed E-state index contributed by atoms with van der Waals surface area (Å²) in [6.45, 7) is 1.54. The third kappa shape index (κ3) is 2.42. The number of benzene rings is 1. The molecule has 1 fully saturated rings. The lowest BCUT2D eigenvalue weighted by atomic mass is 10.1. The molecule has 1 unspecified atom stereocenters. The highest BCUT2D eigenvalue weighted by atomic mass is 19.1. The van der Waals surface area contributed by atoms with E-state index in [9.17, 15) is 9.50 Å². The minimum atomic E-state index is -0.180. The van der Waals surface area contributed by atoms with E-state index in [-0.39, 0.29) is 18.5 Å². The van der Waals surface area contributed by atoms with Crippen LogP contribution in [0.25, 0.3) is 0 Å². The fourth-order valence-electron chi connectivity index (χ4n) is 2.51. The summed E-state index contributed by atoms with van der Waals surface area (Å²) >= 11 is 0. The fraction of sp³-hybridized carbons (Fsp3) is 0.538. The topological polar surface area (TPSA) is 35.5 Å². The van der Waals surface area contributed by atoms with Crippen LogP contribution in [0.4, 0.5) is 10.1 Å². The van der Waals surface area contributed by atoms with E-state index in [1.54, 1.807) is 6.07 Å². The van der Waals surface area contributed by atoms with E-state index < -0.39 is 0 Å². The van der Waals surface area contributed by atoms with Gasteiger partial charge in [-0.05, 0) is 32.0 Å². The van der Waals surface area contributed by atoms with Crippen LogP contribution in [0.1, 0.15) is 18.4 Å². The van der Waals surface area contributed by atoms with Crippen LogP contribution < -0.4 is 10.2 Å². The van der Waals surface area contributed by atoms with Crippen molar-refractivity contribution >= 4 is 5.69 Å². The van der Waals surface area contributed by atoms with Crippen LogP contribution in [0.2, 0.25) is 0 Å². The molecule has 0 aliphatic carbocycles. The Morgan fingerprint density at radius 1 is 1.53 bits per heavy atom. The van der Waals surface area contributed by atoms with Crippen molar-refractivity contribution in [1.29, 1.82) is 0 Å². The third-order valence-corrected chi connectivity index (χ3v) is 3.34. The molecule has 0 aromatic heterocycles. The predicted octanol–water partition coefficient (Wildman–Crippen LogP) is 1.51. The molecular weight excluding hydrogens is 219 g/mol. The number of rotatable bonds is 4. The molecule has 1 saturated heterocycles. The second kappa shape index (κ2) is 5.47. The van der Waals surface area contributed by atoms with Gasteiger partial charge in [-0.2, -0.15) is 0 Å². The Labute approximate surface area is 101 Å². The zero-order valence-corrected chi connectivity index (χ0v) is 10.1. The quantitative estimate of drug-likeness (QED) is 0.834. The highest BCUT2D eigenvalue weighted by molar-refractivity contribution is 5.55. The van der Waals surface area contributed by atoms with Gasteiger partial charge in [-0.3, -0.25) is 0 Å². The fourth-order valence-corrected chi connectivity index (χ4v) is 2.51. The summed E-state index contributed by atoms with van der Waals surface area (Å²) in [5, 5.41) is 12.3. The molecule has 4 heteroatoms. The first-order valence-electron chi connectivity index (χ1n) is 6.07. The van der Waals surface area contributed by atoms with E-state index in [4.69, 9.17) is 0 Å². The summed E-state index contributed by atoms with van der Waals surface area (Å²) in [7, 11) is 1.81. The molecule has 1 heterocycles. The molecule has 3 nitrogen and oxygen atoms in total. The summed E-state index contributed by atoms with van der Waals surface area (Å²) in [6.07, 6.45) is 2.03. The van der Waals surface area contributed by atoms with Gasteiger partial charge >= 0.3 is 0 Å². The van der Waals surface area contributed by atoms with Crippen molar-refractivity contribution < 1.29 is 9.50 Å². The van der Waals surface area contributed by atoms with Crippen molar-refractivity contribution in [2.24, 2.45) is 0 Å². The molecule has 0 saturated carbocycles. The van der Waals surface area contributed by atoms with Crippen molar-refractivity contribution in [3.8, 4) is 0 Å². The lowest BCUT2D eigenvalue weighted by molar-refractivity contribution is 0.266. The van der Waals surface area contributed by atoms with Gasteiger partial charge in [-0.25, -0.2) is 4.39 Å². The second-order valence-corrected chi connectivity index (χ2v) is 4.44. The summed E-state index contributed by atoms with van der Waals surface area (Å²) < 4.78 is 13.8. The van der Waals surface area contributed by atoms with Crippen molar-refractivity contribution in [2.75, 3.05) is 25.1 Å². The largest absolute Gasteiger partial charge is 0.394 e. The van der Waals surface area contributed by atoms with Gasteiger partial charge in [0.1, 0.15) is 5.82 Å². The third-order valence-electron chi connectivity index (χ3n) is 3.34. The maximum atomic E-state index is 13.8. The van der Waals surface area contributed by atoms with Gasteiger partial charge in [0.25, 0.3) is 0 Å². The van der Waals surface area contributed by atoms with Crippen LogP contribution >= 0.6 is 0 Å². The standard InChI is InChI=1S/C13H19FN2O/c1-15-8-11-12(14)5-2-6-13(11)16-7-3-4-10(16)9-17/h2,5-6,10,15,17H,3-4,7-9H2,1H3. The average molecular weight is 238 g/mol. The van der Waals surface area contributed by atoms with Gasteiger partial charge in [0, 0.05) is 24.3 Å². The lowest BCUT2D eigenvalue weighted by Gasteiger charge is -2.27. The zero-order valence-electron chi connectivity index (χ0n) is 10.1. The Balaban J connectivity index is 2.33. The van der Waals surface area contributed by atoms with Crippen molar-refractivity contribution in [1.82, 2.24) is 5.32 Å². The van der Waals surface area contributed by atoms with Crippen molar-refractivity contribution in [2.45, 2.75) is 25.4 Å². The van der Waals surface area contributed by atoms with Gasteiger partial charge in [0.05, 0.1) is 12.6 Å². The molecule has 1 atom stereocenters. The molecule has 17 heavy (non-hydrogen) atoms. The second-order valence-electron chi connectivity index (χ2n) is 4.44. The summed E-state index contributed by atoms with van der Waals surface area (Å²) in [6, 6.07) is 5.29. The monoisotopic (exact) mass is 238 g/mol. The molecule has 0 bridgehead atoms. The first-order chi connectivity index (χ1) is 8.27. The molecule has 0 radical (unpaired) electrons. The van der Waals surface area contributed by atoms with Gasteiger partial charge in [0.15, 0.2) is 0 Å². The molecule has 2 rings (SSSR count). The van der Waals surface area contributed by atoms with Crippen LogP contribution in [0, 0.1) is 5.82 Å². The maximum absolute atomic E-state index is 13.8. The van der Waals surface area contributed by atoms with E-state index >= 15 is 0 Å². The van der Waals surface area contributed by atoms with E-state index in [0.29, 0.717) is 12.1 Å². The van der Waals surface area contributed by atoms with Crippen molar-refractivity contribution in [3.05, 3.63) is 29.6 Å². The highest BCUT2D eigenvalue weighted by Gasteiger charge is 2.26. The molecule has 0 spiro atoms.